The highest BCUT2D eigenvalue weighted by Crippen LogP contribution is 2.20. The minimum absolute atomic E-state index is 0.349. The van der Waals surface area contributed by atoms with Gasteiger partial charge in [0, 0.05) is 30.3 Å². The molecule has 1 aromatic rings. The smallest absolute Gasteiger partial charge is 0.0471 e. The van der Waals surface area contributed by atoms with Gasteiger partial charge in [-0.3, -0.25) is 0 Å². The van der Waals surface area contributed by atoms with Crippen LogP contribution in [0.15, 0.2) is 29.2 Å². The van der Waals surface area contributed by atoms with Crippen LogP contribution >= 0.6 is 11.8 Å². The maximum Gasteiger partial charge on any atom is 0.0471 e. The van der Waals surface area contributed by atoms with Crippen LogP contribution in [0.1, 0.15) is 18.4 Å². The van der Waals surface area contributed by atoms with Crippen molar-refractivity contribution in [2.45, 2.75) is 24.7 Å². The monoisotopic (exact) mass is 265 g/mol. The number of hydrogen-bond acceptors (Lipinski definition) is 3. The fourth-order valence-corrected chi connectivity index (χ4v) is 3.34. The molecule has 0 radical (unpaired) electrons. The summed E-state index contributed by atoms with van der Waals surface area (Å²) in [5.74, 6) is 1.64. The summed E-state index contributed by atoms with van der Waals surface area (Å²) < 4.78 is 0. The molecule has 2 nitrogen and oxygen atoms in total. The van der Waals surface area contributed by atoms with Gasteiger partial charge in [-0.1, -0.05) is 17.7 Å². The van der Waals surface area contributed by atoms with Crippen molar-refractivity contribution in [1.82, 2.24) is 4.90 Å². The van der Waals surface area contributed by atoms with E-state index in [9.17, 15) is 5.11 Å². The summed E-state index contributed by atoms with van der Waals surface area (Å²) in [5, 5.41) is 9.21. The second kappa shape index (κ2) is 7.17. The van der Waals surface area contributed by atoms with E-state index in [1.165, 1.54) is 29.8 Å². The fraction of sp³-hybridized carbons (Fsp3) is 0.600. The van der Waals surface area contributed by atoms with Crippen molar-refractivity contribution < 1.29 is 5.11 Å². The Balaban J connectivity index is 1.70. The molecule has 0 amide bonds. The molecule has 1 aliphatic heterocycles. The standard InChI is InChI=1S/C15H23NOS/c1-13-4-6-15(7-5-13)18-10-9-16-8-2-3-14(11-16)12-17/h4-7,14,17H,2-3,8-12H2,1H3. The van der Waals surface area contributed by atoms with Gasteiger partial charge in [0.15, 0.2) is 0 Å². The lowest BCUT2D eigenvalue weighted by Gasteiger charge is -2.31. The average Bonchev–Trinajstić information content (AvgIpc) is 2.41. The molecule has 0 bridgehead atoms. The van der Waals surface area contributed by atoms with Crippen LogP contribution in [0.4, 0.5) is 0 Å². The van der Waals surface area contributed by atoms with Gasteiger partial charge < -0.3 is 10.0 Å². The number of hydrogen-bond donors (Lipinski definition) is 1. The predicted octanol–water partition coefficient (Wildman–Crippen LogP) is 2.79. The molecule has 0 aliphatic carbocycles. The van der Waals surface area contributed by atoms with E-state index in [2.05, 4.69) is 36.1 Å². The topological polar surface area (TPSA) is 23.5 Å². The van der Waals surface area contributed by atoms with E-state index < -0.39 is 0 Å². The van der Waals surface area contributed by atoms with Crippen LogP contribution in [0.5, 0.6) is 0 Å². The second-order valence-corrected chi connectivity index (χ2v) is 6.32. The SMILES string of the molecule is Cc1ccc(SCCN2CCCC(CO)C2)cc1. The van der Waals surface area contributed by atoms with Crippen molar-refractivity contribution in [1.29, 1.82) is 0 Å². The number of nitrogens with zero attached hydrogens (tertiary/aromatic N) is 1. The Bertz CT molecular complexity index is 352. The minimum atomic E-state index is 0.349. The molecule has 1 N–H and O–H groups in total. The highest BCUT2D eigenvalue weighted by atomic mass is 32.2. The van der Waals surface area contributed by atoms with Crippen LogP contribution in [0, 0.1) is 12.8 Å². The maximum absolute atomic E-state index is 9.21. The van der Waals surface area contributed by atoms with Crippen molar-refractivity contribution >= 4 is 11.8 Å². The van der Waals surface area contributed by atoms with Gasteiger partial charge in [0.2, 0.25) is 0 Å². The third-order valence-corrected chi connectivity index (χ3v) is 4.55. The average molecular weight is 265 g/mol. The van der Waals surface area contributed by atoms with E-state index in [0.717, 1.165) is 18.8 Å². The first-order valence-electron chi connectivity index (χ1n) is 6.80. The van der Waals surface area contributed by atoms with E-state index in [1.54, 1.807) is 0 Å². The molecule has 0 aromatic heterocycles. The van der Waals surface area contributed by atoms with Gasteiger partial charge >= 0.3 is 0 Å². The summed E-state index contributed by atoms with van der Waals surface area (Å²) in [6, 6.07) is 8.75. The van der Waals surface area contributed by atoms with Gasteiger partial charge in [0.1, 0.15) is 0 Å². The molecule has 100 valence electrons. The van der Waals surface area contributed by atoms with Gasteiger partial charge in [-0.25, -0.2) is 0 Å². The van der Waals surface area contributed by atoms with E-state index in [0.29, 0.717) is 12.5 Å². The Kier molecular flexibility index (Phi) is 5.54. The normalized spacial score (nSPS) is 21.1. The zero-order chi connectivity index (χ0) is 12.8. The van der Waals surface area contributed by atoms with Crippen LogP contribution in [0.25, 0.3) is 0 Å². The number of benzene rings is 1. The van der Waals surface area contributed by atoms with Crippen LogP contribution in [-0.2, 0) is 0 Å². The lowest BCUT2D eigenvalue weighted by molar-refractivity contribution is 0.125. The molecule has 1 atom stereocenters. The number of thioether (sulfide) groups is 1. The van der Waals surface area contributed by atoms with Gasteiger partial charge in [0.05, 0.1) is 0 Å². The first kappa shape index (κ1) is 13.9. The number of aliphatic hydroxyl groups is 1. The molecule has 18 heavy (non-hydrogen) atoms. The molecule has 0 spiro atoms. The first-order valence-corrected chi connectivity index (χ1v) is 7.79. The van der Waals surface area contributed by atoms with Crippen molar-refractivity contribution in [3.05, 3.63) is 29.8 Å². The number of likely N-dealkylation sites (tertiary alicyclic amines) is 1. The number of rotatable bonds is 5. The maximum atomic E-state index is 9.21. The number of piperidine rings is 1. The Hall–Kier alpha value is -0.510. The third-order valence-electron chi connectivity index (χ3n) is 3.56. The van der Waals surface area contributed by atoms with Crippen molar-refractivity contribution in [2.24, 2.45) is 5.92 Å². The fourth-order valence-electron chi connectivity index (χ4n) is 2.43. The lowest BCUT2D eigenvalue weighted by atomic mass is 9.99. The number of aliphatic hydroxyl groups excluding tert-OH is 1. The van der Waals surface area contributed by atoms with Crippen LogP contribution in [0.3, 0.4) is 0 Å². The highest BCUT2D eigenvalue weighted by molar-refractivity contribution is 7.99. The van der Waals surface area contributed by atoms with E-state index in [1.807, 2.05) is 11.8 Å². The van der Waals surface area contributed by atoms with Gasteiger partial charge in [0.25, 0.3) is 0 Å². The van der Waals surface area contributed by atoms with Crippen molar-refractivity contribution in [2.75, 3.05) is 32.0 Å². The summed E-state index contributed by atoms with van der Waals surface area (Å²) in [5.41, 5.74) is 1.32. The quantitative estimate of drug-likeness (QED) is 0.828. The molecule has 3 heteroatoms. The Morgan fingerprint density at radius 2 is 2.11 bits per heavy atom. The largest absolute Gasteiger partial charge is 0.396 e. The second-order valence-electron chi connectivity index (χ2n) is 5.15. The number of aryl methyl sites for hydroxylation is 1. The van der Waals surface area contributed by atoms with Gasteiger partial charge in [-0.15, -0.1) is 11.8 Å². The molecular weight excluding hydrogens is 242 g/mol. The molecule has 1 unspecified atom stereocenters. The Morgan fingerprint density at radius 1 is 1.33 bits per heavy atom. The summed E-state index contributed by atoms with van der Waals surface area (Å²) in [6.45, 7) is 5.88. The zero-order valence-corrected chi connectivity index (χ0v) is 12.0. The molecule has 1 aliphatic rings. The third kappa shape index (κ3) is 4.30. The molecule has 0 saturated carbocycles. The summed E-state index contributed by atoms with van der Waals surface area (Å²) in [4.78, 5) is 3.85. The molecule has 1 saturated heterocycles. The Labute approximate surface area is 114 Å². The minimum Gasteiger partial charge on any atom is -0.396 e. The van der Waals surface area contributed by atoms with Crippen LogP contribution in [0.2, 0.25) is 0 Å². The molecule has 1 aromatic carbocycles. The highest BCUT2D eigenvalue weighted by Gasteiger charge is 2.18. The summed E-state index contributed by atoms with van der Waals surface area (Å²) in [6.07, 6.45) is 2.43. The lowest BCUT2D eigenvalue weighted by Crippen LogP contribution is -2.38. The molecule has 1 fully saturated rings. The van der Waals surface area contributed by atoms with Crippen molar-refractivity contribution in [3.8, 4) is 0 Å². The van der Waals surface area contributed by atoms with Crippen molar-refractivity contribution in [3.63, 3.8) is 0 Å². The van der Waals surface area contributed by atoms with E-state index >= 15 is 0 Å². The van der Waals surface area contributed by atoms with Crippen LogP contribution in [-0.4, -0.2) is 42.0 Å². The first-order chi connectivity index (χ1) is 8.78. The summed E-state index contributed by atoms with van der Waals surface area (Å²) in [7, 11) is 0. The predicted molar refractivity (Wildman–Crippen MR) is 78.2 cm³/mol. The van der Waals surface area contributed by atoms with Gasteiger partial charge in [-0.2, -0.15) is 0 Å². The molecule has 2 rings (SSSR count). The zero-order valence-electron chi connectivity index (χ0n) is 11.1. The molecule has 1 heterocycles. The van der Waals surface area contributed by atoms with E-state index in [4.69, 9.17) is 0 Å². The van der Waals surface area contributed by atoms with Crippen LogP contribution < -0.4 is 0 Å². The Morgan fingerprint density at radius 3 is 2.83 bits per heavy atom. The van der Waals surface area contributed by atoms with Gasteiger partial charge in [-0.05, 0) is 44.4 Å². The summed E-state index contributed by atoms with van der Waals surface area (Å²) >= 11 is 1.93. The van der Waals surface area contributed by atoms with E-state index in [-0.39, 0.29) is 0 Å². The molecular formula is C15H23NOS.